The molecule has 118 valence electrons. The molecular formula is C18H35NO. The summed E-state index contributed by atoms with van der Waals surface area (Å²) in [6.07, 6.45) is 4.56. The van der Waals surface area contributed by atoms with Crippen LogP contribution in [0.4, 0.5) is 0 Å². The summed E-state index contributed by atoms with van der Waals surface area (Å²) in [4.78, 5) is 2.60. The second-order valence-electron chi connectivity index (χ2n) is 9.36. The van der Waals surface area contributed by atoms with E-state index in [1.165, 1.54) is 32.4 Å². The standard InChI is InChI=1S/C18H35NO/c1-17(2,3)13-7-8-16(20)15(11-13)19-10-9-14(12-19)18(4,5)6/h13-16,20H,7-12H2,1-6H3. The van der Waals surface area contributed by atoms with E-state index >= 15 is 0 Å². The lowest BCUT2D eigenvalue weighted by Gasteiger charge is -2.43. The van der Waals surface area contributed by atoms with E-state index in [0.717, 1.165) is 18.3 Å². The molecule has 0 radical (unpaired) electrons. The number of hydrogen-bond donors (Lipinski definition) is 1. The van der Waals surface area contributed by atoms with Gasteiger partial charge in [-0.2, -0.15) is 0 Å². The van der Waals surface area contributed by atoms with Crippen molar-refractivity contribution in [3.63, 3.8) is 0 Å². The highest BCUT2D eigenvalue weighted by molar-refractivity contribution is 4.94. The highest BCUT2D eigenvalue weighted by atomic mass is 16.3. The minimum Gasteiger partial charge on any atom is -0.391 e. The van der Waals surface area contributed by atoms with Crippen molar-refractivity contribution in [1.82, 2.24) is 4.90 Å². The number of aliphatic hydroxyl groups excluding tert-OH is 1. The molecule has 2 heteroatoms. The van der Waals surface area contributed by atoms with Crippen molar-refractivity contribution in [1.29, 1.82) is 0 Å². The molecule has 1 saturated heterocycles. The van der Waals surface area contributed by atoms with Crippen LogP contribution < -0.4 is 0 Å². The Morgan fingerprint density at radius 3 is 1.95 bits per heavy atom. The summed E-state index contributed by atoms with van der Waals surface area (Å²) < 4.78 is 0. The average molecular weight is 281 g/mol. The van der Waals surface area contributed by atoms with Crippen molar-refractivity contribution in [3.8, 4) is 0 Å². The van der Waals surface area contributed by atoms with Crippen molar-refractivity contribution in [2.75, 3.05) is 13.1 Å². The fraction of sp³-hybridized carbons (Fsp3) is 1.00. The van der Waals surface area contributed by atoms with Crippen molar-refractivity contribution in [3.05, 3.63) is 0 Å². The second-order valence-corrected chi connectivity index (χ2v) is 9.36. The molecular weight excluding hydrogens is 246 g/mol. The fourth-order valence-electron chi connectivity index (χ4n) is 4.11. The first-order valence-corrected chi connectivity index (χ1v) is 8.51. The van der Waals surface area contributed by atoms with E-state index in [-0.39, 0.29) is 6.10 Å². The summed E-state index contributed by atoms with van der Waals surface area (Å²) in [5, 5.41) is 10.5. The van der Waals surface area contributed by atoms with Crippen LogP contribution in [0.25, 0.3) is 0 Å². The van der Waals surface area contributed by atoms with Gasteiger partial charge in [-0.3, -0.25) is 4.90 Å². The Balaban J connectivity index is 2.01. The minimum atomic E-state index is -0.104. The minimum absolute atomic E-state index is 0.104. The molecule has 0 aromatic heterocycles. The normalized spacial score (nSPS) is 37.4. The van der Waals surface area contributed by atoms with E-state index < -0.39 is 0 Å². The Morgan fingerprint density at radius 1 is 0.850 bits per heavy atom. The van der Waals surface area contributed by atoms with E-state index in [1.54, 1.807) is 0 Å². The number of rotatable bonds is 1. The van der Waals surface area contributed by atoms with E-state index in [9.17, 15) is 5.11 Å². The molecule has 20 heavy (non-hydrogen) atoms. The van der Waals surface area contributed by atoms with Crippen molar-refractivity contribution in [2.24, 2.45) is 22.7 Å². The van der Waals surface area contributed by atoms with Gasteiger partial charge in [0.2, 0.25) is 0 Å². The first-order chi connectivity index (χ1) is 9.09. The van der Waals surface area contributed by atoms with Crippen LogP contribution in [-0.4, -0.2) is 35.2 Å². The Hall–Kier alpha value is -0.0800. The van der Waals surface area contributed by atoms with Crippen LogP contribution in [-0.2, 0) is 0 Å². The van der Waals surface area contributed by atoms with Gasteiger partial charge in [0.25, 0.3) is 0 Å². The summed E-state index contributed by atoms with van der Waals surface area (Å²) in [5.74, 6) is 1.54. The molecule has 2 fully saturated rings. The van der Waals surface area contributed by atoms with Crippen LogP contribution in [0.5, 0.6) is 0 Å². The summed E-state index contributed by atoms with van der Waals surface area (Å²) in [7, 11) is 0. The van der Waals surface area contributed by atoms with Gasteiger partial charge in [-0.1, -0.05) is 41.5 Å². The van der Waals surface area contributed by atoms with E-state index in [4.69, 9.17) is 0 Å². The van der Waals surface area contributed by atoms with E-state index in [0.29, 0.717) is 16.9 Å². The SMILES string of the molecule is CC(C)(C)C1CCC(O)C(N2CCC(C(C)(C)C)C2)C1. The molecule has 1 aliphatic carbocycles. The van der Waals surface area contributed by atoms with Crippen molar-refractivity contribution >= 4 is 0 Å². The number of hydrogen-bond acceptors (Lipinski definition) is 2. The molecule has 1 aliphatic heterocycles. The van der Waals surface area contributed by atoms with Crippen molar-refractivity contribution in [2.45, 2.75) is 79.4 Å². The lowest BCUT2D eigenvalue weighted by Crippen LogP contribution is -2.48. The third kappa shape index (κ3) is 3.57. The van der Waals surface area contributed by atoms with Gasteiger partial charge in [0.05, 0.1) is 6.10 Å². The summed E-state index contributed by atoms with van der Waals surface area (Å²) in [6, 6.07) is 0.403. The smallest absolute Gasteiger partial charge is 0.0695 e. The third-order valence-corrected chi connectivity index (χ3v) is 5.92. The van der Waals surface area contributed by atoms with Crippen LogP contribution >= 0.6 is 0 Å². The lowest BCUT2D eigenvalue weighted by molar-refractivity contribution is -0.0114. The topological polar surface area (TPSA) is 23.5 Å². The molecule has 1 heterocycles. The highest BCUT2D eigenvalue weighted by Crippen LogP contribution is 2.42. The number of likely N-dealkylation sites (tertiary alicyclic amines) is 1. The first kappa shape index (κ1) is 16.3. The zero-order valence-electron chi connectivity index (χ0n) is 14.4. The quantitative estimate of drug-likeness (QED) is 0.787. The summed E-state index contributed by atoms with van der Waals surface area (Å²) >= 11 is 0. The number of nitrogens with zero attached hydrogens (tertiary/aromatic N) is 1. The zero-order valence-corrected chi connectivity index (χ0v) is 14.4. The molecule has 0 aromatic rings. The highest BCUT2D eigenvalue weighted by Gasteiger charge is 2.41. The number of aliphatic hydroxyl groups is 1. The van der Waals surface area contributed by atoms with Crippen LogP contribution in [0.2, 0.25) is 0 Å². The fourth-order valence-corrected chi connectivity index (χ4v) is 4.11. The molecule has 0 spiro atoms. The maximum Gasteiger partial charge on any atom is 0.0695 e. The van der Waals surface area contributed by atoms with Gasteiger partial charge in [-0.15, -0.1) is 0 Å². The van der Waals surface area contributed by atoms with Gasteiger partial charge in [0.1, 0.15) is 0 Å². The largest absolute Gasteiger partial charge is 0.391 e. The molecule has 0 aromatic carbocycles. The van der Waals surface area contributed by atoms with Gasteiger partial charge >= 0.3 is 0 Å². The molecule has 1 saturated carbocycles. The van der Waals surface area contributed by atoms with Gasteiger partial charge in [0, 0.05) is 12.6 Å². The predicted octanol–water partition coefficient (Wildman–Crippen LogP) is 3.93. The van der Waals surface area contributed by atoms with Crippen LogP contribution in [0.15, 0.2) is 0 Å². The van der Waals surface area contributed by atoms with Crippen LogP contribution in [0, 0.1) is 22.7 Å². The maximum absolute atomic E-state index is 10.5. The monoisotopic (exact) mass is 281 g/mol. The summed E-state index contributed by atoms with van der Waals surface area (Å²) in [6.45, 7) is 16.5. The van der Waals surface area contributed by atoms with Crippen molar-refractivity contribution < 1.29 is 5.11 Å². The van der Waals surface area contributed by atoms with Crippen LogP contribution in [0.1, 0.15) is 67.2 Å². The molecule has 1 N–H and O–H groups in total. The molecule has 2 aliphatic rings. The van der Waals surface area contributed by atoms with Gasteiger partial charge in [0.15, 0.2) is 0 Å². The maximum atomic E-state index is 10.5. The Bertz CT molecular complexity index is 325. The average Bonchev–Trinajstić information content (AvgIpc) is 2.76. The van der Waals surface area contributed by atoms with Gasteiger partial charge in [-0.25, -0.2) is 0 Å². The second kappa shape index (κ2) is 5.61. The Kier molecular flexibility index (Phi) is 4.57. The lowest BCUT2D eigenvalue weighted by atomic mass is 9.70. The first-order valence-electron chi connectivity index (χ1n) is 8.51. The molecule has 2 nitrogen and oxygen atoms in total. The molecule has 2 rings (SSSR count). The van der Waals surface area contributed by atoms with Gasteiger partial charge < -0.3 is 5.11 Å². The summed E-state index contributed by atoms with van der Waals surface area (Å²) in [5.41, 5.74) is 0.777. The molecule has 4 unspecified atom stereocenters. The zero-order chi connectivity index (χ0) is 15.1. The van der Waals surface area contributed by atoms with E-state index in [1.807, 2.05) is 0 Å². The Labute approximate surface area is 125 Å². The molecule has 4 atom stereocenters. The molecule has 0 amide bonds. The third-order valence-electron chi connectivity index (χ3n) is 5.92. The van der Waals surface area contributed by atoms with E-state index in [2.05, 4.69) is 46.4 Å². The predicted molar refractivity (Wildman–Crippen MR) is 85.7 cm³/mol. The van der Waals surface area contributed by atoms with Crippen LogP contribution in [0.3, 0.4) is 0 Å². The molecule has 0 bridgehead atoms. The Morgan fingerprint density at radius 2 is 1.45 bits per heavy atom. The van der Waals surface area contributed by atoms with Gasteiger partial charge in [-0.05, 0) is 54.9 Å².